The maximum absolute atomic E-state index is 12.2. The van der Waals surface area contributed by atoms with Gasteiger partial charge >= 0.3 is 0 Å². The Bertz CT molecular complexity index is 640. The second-order valence-electron chi connectivity index (χ2n) is 5.06. The highest BCUT2D eigenvalue weighted by atomic mass is 32.2. The van der Waals surface area contributed by atoms with Gasteiger partial charge in [0.1, 0.15) is 0 Å². The molecule has 6 heteroatoms. The van der Waals surface area contributed by atoms with E-state index in [4.69, 9.17) is 5.73 Å². The number of benzene rings is 1. The number of aromatic nitrogens is 1. The number of rotatable bonds is 3. The number of nitrogens with zero attached hydrogens (tertiary/aromatic N) is 1. The molecule has 1 aromatic heterocycles. The molecule has 1 amide bonds. The third-order valence-electron chi connectivity index (χ3n) is 3.72. The van der Waals surface area contributed by atoms with E-state index in [1.807, 2.05) is 24.5 Å². The minimum atomic E-state index is -0.0473. The SMILES string of the molecule is CSc1nc2ccc(NC(=O)C3CCCC3N)cc2s1. The minimum Gasteiger partial charge on any atom is -0.327 e. The predicted molar refractivity (Wildman–Crippen MR) is 85.3 cm³/mol. The van der Waals surface area contributed by atoms with Gasteiger partial charge in [0.15, 0.2) is 4.34 Å². The molecule has 0 bridgehead atoms. The topological polar surface area (TPSA) is 68.0 Å². The van der Waals surface area contributed by atoms with Crippen molar-refractivity contribution in [3.63, 3.8) is 0 Å². The van der Waals surface area contributed by atoms with Crippen LogP contribution >= 0.6 is 23.1 Å². The van der Waals surface area contributed by atoms with Crippen LogP contribution in [0.5, 0.6) is 0 Å². The molecule has 3 N–H and O–H groups in total. The van der Waals surface area contributed by atoms with Crippen LogP contribution in [0.2, 0.25) is 0 Å². The van der Waals surface area contributed by atoms with E-state index in [-0.39, 0.29) is 17.9 Å². The molecule has 0 aliphatic heterocycles. The summed E-state index contributed by atoms with van der Waals surface area (Å²) in [6.45, 7) is 0. The van der Waals surface area contributed by atoms with Gasteiger partial charge in [-0.2, -0.15) is 0 Å². The number of nitrogens with one attached hydrogen (secondary N) is 1. The summed E-state index contributed by atoms with van der Waals surface area (Å²) < 4.78 is 2.14. The Morgan fingerprint density at radius 1 is 1.50 bits per heavy atom. The molecule has 2 atom stereocenters. The zero-order valence-corrected chi connectivity index (χ0v) is 12.9. The molecule has 0 spiro atoms. The molecule has 3 rings (SSSR count). The molecule has 0 radical (unpaired) electrons. The molecule has 20 heavy (non-hydrogen) atoms. The van der Waals surface area contributed by atoms with Crippen LogP contribution in [0.1, 0.15) is 19.3 Å². The van der Waals surface area contributed by atoms with Crippen LogP contribution < -0.4 is 11.1 Å². The smallest absolute Gasteiger partial charge is 0.229 e. The van der Waals surface area contributed by atoms with Gasteiger partial charge in [0.2, 0.25) is 5.91 Å². The van der Waals surface area contributed by atoms with Gasteiger partial charge in [-0.05, 0) is 37.3 Å². The molecule has 0 saturated heterocycles. The summed E-state index contributed by atoms with van der Waals surface area (Å²) >= 11 is 3.29. The lowest BCUT2D eigenvalue weighted by Crippen LogP contribution is -2.34. The van der Waals surface area contributed by atoms with E-state index in [2.05, 4.69) is 10.3 Å². The third-order valence-corrected chi connectivity index (χ3v) is 5.72. The van der Waals surface area contributed by atoms with E-state index < -0.39 is 0 Å². The van der Waals surface area contributed by atoms with Crippen LogP contribution in [-0.2, 0) is 4.79 Å². The van der Waals surface area contributed by atoms with E-state index in [1.165, 1.54) is 0 Å². The highest BCUT2D eigenvalue weighted by Gasteiger charge is 2.30. The lowest BCUT2D eigenvalue weighted by molar-refractivity contribution is -0.120. The van der Waals surface area contributed by atoms with Crippen LogP contribution in [0.25, 0.3) is 10.2 Å². The summed E-state index contributed by atoms with van der Waals surface area (Å²) in [5.41, 5.74) is 7.79. The summed E-state index contributed by atoms with van der Waals surface area (Å²) in [6.07, 6.45) is 4.90. The van der Waals surface area contributed by atoms with Gasteiger partial charge in [-0.3, -0.25) is 4.79 Å². The highest BCUT2D eigenvalue weighted by molar-refractivity contribution is 8.00. The van der Waals surface area contributed by atoms with Crippen molar-refractivity contribution < 1.29 is 4.79 Å². The standard InChI is InChI=1S/C14H17N3OS2/c1-19-14-17-11-6-5-8(7-12(11)20-14)16-13(18)9-3-2-4-10(9)15/h5-7,9-10H,2-4,15H2,1H3,(H,16,18). The minimum absolute atomic E-state index is 0.00484. The molecule has 2 unspecified atom stereocenters. The number of carbonyl (C=O) groups excluding carboxylic acids is 1. The zero-order chi connectivity index (χ0) is 14.1. The van der Waals surface area contributed by atoms with Gasteiger partial charge in [-0.25, -0.2) is 4.98 Å². The van der Waals surface area contributed by atoms with Gasteiger partial charge in [0, 0.05) is 11.7 Å². The van der Waals surface area contributed by atoms with Crippen molar-refractivity contribution in [1.29, 1.82) is 0 Å². The van der Waals surface area contributed by atoms with E-state index in [1.54, 1.807) is 23.1 Å². The Kier molecular flexibility index (Phi) is 3.96. The fourth-order valence-electron chi connectivity index (χ4n) is 2.62. The molecule has 1 aliphatic carbocycles. The highest BCUT2D eigenvalue weighted by Crippen LogP contribution is 2.31. The Hall–Kier alpha value is -1.11. The average molecular weight is 307 g/mol. The first kappa shape index (κ1) is 13.9. The zero-order valence-electron chi connectivity index (χ0n) is 11.3. The van der Waals surface area contributed by atoms with Crippen molar-refractivity contribution in [3.05, 3.63) is 18.2 Å². The van der Waals surface area contributed by atoms with Gasteiger partial charge in [-0.1, -0.05) is 18.2 Å². The Morgan fingerprint density at radius 3 is 3.05 bits per heavy atom. The van der Waals surface area contributed by atoms with Gasteiger partial charge in [-0.15, -0.1) is 11.3 Å². The summed E-state index contributed by atoms with van der Waals surface area (Å²) in [4.78, 5) is 16.7. The summed E-state index contributed by atoms with van der Waals surface area (Å²) in [5, 5.41) is 2.99. The van der Waals surface area contributed by atoms with Gasteiger partial charge in [0.05, 0.1) is 16.1 Å². The van der Waals surface area contributed by atoms with Gasteiger partial charge < -0.3 is 11.1 Å². The van der Waals surface area contributed by atoms with Crippen molar-refractivity contribution >= 4 is 44.9 Å². The molecular weight excluding hydrogens is 290 g/mol. The van der Waals surface area contributed by atoms with Crippen molar-refractivity contribution in [3.8, 4) is 0 Å². The summed E-state index contributed by atoms with van der Waals surface area (Å²) in [6, 6.07) is 5.86. The predicted octanol–water partition coefficient (Wildman–Crippen LogP) is 3.08. The Balaban J connectivity index is 1.78. The van der Waals surface area contributed by atoms with E-state index in [0.29, 0.717) is 0 Å². The van der Waals surface area contributed by atoms with Crippen LogP contribution in [-0.4, -0.2) is 23.2 Å². The summed E-state index contributed by atoms with van der Waals surface area (Å²) in [5.74, 6) is -0.00197. The lowest BCUT2D eigenvalue weighted by Gasteiger charge is -2.15. The lowest BCUT2D eigenvalue weighted by atomic mass is 10.0. The average Bonchev–Trinajstić information content (AvgIpc) is 3.03. The maximum atomic E-state index is 12.2. The second-order valence-corrected chi connectivity index (χ2v) is 7.14. The largest absolute Gasteiger partial charge is 0.327 e. The van der Waals surface area contributed by atoms with E-state index in [0.717, 1.165) is 39.5 Å². The second kappa shape index (κ2) is 5.71. The number of amides is 1. The van der Waals surface area contributed by atoms with Crippen LogP contribution in [0.4, 0.5) is 5.69 Å². The molecule has 1 saturated carbocycles. The normalized spacial score (nSPS) is 22.3. The number of thioether (sulfide) groups is 1. The van der Waals surface area contributed by atoms with Gasteiger partial charge in [0.25, 0.3) is 0 Å². The van der Waals surface area contributed by atoms with Crippen molar-refractivity contribution in [2.75, 3.05) is 11.6 Å². The van der Waals surface area contributed by atoms with Crippen molar-refractivity contribution in [1.82, 2.24) is 4.98 Å². The maximum Gasteiger partial charge on any atom is 0.229 e. The monoisotopic (exact) mass is 307 g/mol. The fraction of sp³-hybridized carbons (Fsp3) is 0.429. The number of hydrogen-bond donors (Lipinski definition) is 2. The molecule has 1 aromatic carbocycles. The van der Waals surface area contributed by atoms with Crippen molar-refractivity contribution in [2.45, 2.75) is 29.6 Å². The molecular formula is C14H17N3OS2. The number of thiazole rings is 1. The van der Waals surface area contributed by atoms with Crippen LogP contribution in [0.15, 0.2) is 22.5 Å². The first-order chi connectivity index (χ1) is 9.67. The molecule has 2 aromatic rings. The first-order valence-electron chi connectivity index (χ1n) is 6.68. The fourth-order valence-corrected chi connectivity index (χ4v) is 4.15. The van der Waals surface area contributed by atoms with E-state index in [9.17, 15) is 4.79 Å². The number of hydrogen-bond acceptors (Lipinski definition) is 5. The third kappa shape index (κ3) is 2.68. The summed E-state index contributed by atoms with van der Waals surface area (Å²) in [7, 11) is 0. The quantitative estimate of drug-likeness (QED) is 0.855. The van der Waals surface area contributed by atoms with Crippen LogP contribution in [0.3, 0.4) is 0 Å². The number of nitrogens with two attached hydrogens (primary N) is 1. The van der Waals surface area contributed by atoms with Crippen molar-refractivity contribution in [2.24, 2.45) is 11.7 Å². The number of carbonyl (C=O) groups is 1. The Morgan fingerprint density at radius 2 is 2.35 bits per heavy atom. The van der Waals surface area contributed by atoms with Crippen LogP contribution in [0, 0.1) is 5.92 Å². The first-order valence-corrected chi connectivity index (χ1v) is 8.72. The number of fused-ring (bicyclic) bond motifs is 1. The molecule has 1 aliphatic rings. The molecule has 4 nitrogen and oxygen atoms in total. The Labute approximate surface area is 126 Å². The number of anilines is 1. The molecule has 106 valence electrons. The molecule has 1 fully saturated rings. The molecule has 1 heterocycles. The van der Waals surface area contributed by atoms with E-state index >= 15 is 0 Å².